The molecule has 3 N–H and O–H groups in total. The SMILES string of the molecule is CCOCCCNC(=O)NC(=O)CN1C(=O)NC(CC)(c2ccccc2)C1=O. The van der Waals surface area contributed by atoms with Crippen LogP contribution in [0.1, 0.15) is 32.3 Å². The maximum Gasteiger partial charge on any atom is 0.325 e. The molecule has 1 aliphatic heterocycles. The summed E-state index contributed by atoms with van der Waals surface area (Å²) >= 11 is 0. The van der Waals surface area contributed by atoms with Crippen LogP contribution in [0, 0.1) is 0 Å². The molecule has 1 aliphatic rings. The molecule has 1 heterocycles. The third kappa shape index (κ3) is 4.86. The van der Waals surface area contributed by atoms with Crippen molar-refractivity contribution in [2.45, 2.75) is 32.2 Å². The summed E-state index contributed by atoms with van der Waals surface area (Å²) in [5.41, 5.74) is -0.564. The molecule has 9 heteroatoms. The molecule has 1 saturated heterocycles. The van der Waals surface area contributed by atoms with E-state index in [0.29, 0.717) is 38.2 Å². The van der Waals surface area contributed by atoms with Gasteiger partial charge in [-0.15, -0.1) is 0 Å². The van der Waals surface area contributed by atoms with Crippen LogP contribution >= 0.6 is 0 Å². The van der Waals surface area contributed by atoms with Gasteiger partial charge in [0, 0.05) is 19.8 Å². The Balaban J connectivity index is 1.93. The second kappa shape index (κ2) is 9.84. The molecule has 1 aromatic carbocycles. The summed E-state index contributed by atoms with van der Waals surface area (Å²) in [6.07, 6.45) is 0.943. The Morgan fingerprint density at radius 2 is 1.89 bits per heavy atom. The number of ether oxygens (including phenoxy) is 1. The molecular formula is C19H26N4O5. The Kier molecular flexibility index (Phi) is 7.51. The normalized spacial score (nSPS) is 18.7. The van der Waals surface area contributed by atoms with E-state index in [1.807, 2.05) is 13.0 Å². The highest BCUT2D eigenvalue weighted by molar-refractivity contribution is 6.10. The first-order chi connectivity index (χ1) is 13.4. The molecule has 1 atom stereocenters. The van der Waals surface area contributed by atoms with Crippen LogP contribution in [0.2, 0.25) is 0 Å². The number of carbonyl (C=O) groups is 4. The highest BCUT2D eigenvalue weighted by atomic mass is 16.5. The van der Waals surface area contributed by atoms with Crippen molar-refractivity contribution in [1.29, 1.82) is 0 Å². The second-order valence-electron chi connectivity index (χ2n) is 6.30. The number of rotatable bonds is 9. The minimum Gasteiger partial charge on any atom is -0.382 e. The first kappa shape index (κ1) is 21.4. The van der Waals surface area contributed by atoms with Crippen molar-refractivity contribution in [1.82, 2.24) is 20.9 Å². The lowest BCUT2D eigenvalue weighted by atomic mass is 9.87. The van der Waals surface area contributed by atoms with Crippen LogP contribution in [0.3, 0.4) is 0 Å². The summed E-state index contributed by atoms with van der Waals surface area (Å²) < 4.78 is 5.15. The van der Waals surface area contributed by atoms with Crippen molar-refractivity contribution in [2.24, 2.45) is 0 Å². The van der Waals surface area contributed by atoms with Gasteiger partial charge in [0.1, 0.15) is 12.1 Å². The molecule has 1 unspecified atom stereocenters. The van der Waals surface area contributed by atoms with Gasteiger partial charge < -0.3 is 15.4 Å². The Labute approximate surface area is 163 Å². The van der Waals surface area contributed by atoms with E-state index in [1.165, 1.54) is 0 Å². The number of urea groups is 2. The molecule has 0 radical (unpaired) electrons. The largest absolute Gasteiger partial charge is 0.382 e. The molecule has 6 amide bonds. The molecule has 1 aromatic rings. The smallest absolute Gasteiger partial charge is 0.325 e. The van der Waals surface area contributed by atoms with Gasteiger partial charge in [0.15, 0.2) is 0 Å². The van der Waals surface area contributed by atoms with Crippen LogP contribution in [0.15, 0.2) is 30.3 Å². The summed E-state index contributed by atoms with van der Waals surface area (Å²) in [4.78, 5) is 49.9. The van der Waals surface area contributed by atoms with Crippen molar-refractivity contribution in [2.75, 3.05) is 26.3 Å². The third-order valence-corrected chi connectivity index (χ3v) is 4.48. The fraction of sp³-hybridized carbons (Fsp3) is 0.474. The molecule has 0 saturated carbocycles. The molecule has 0 aromatic heterocycles. The number of hydrogen-bond donors (Lipinski definition) is 3. The third-order valence-electron chi connectivity index (χ3n) is 4.48. The number of imide groups is 2. The van der Waals surface area contributed by atoms with E-state index in [4.69, 9.17) is 4.74 Å². The van der Waals surface area contributed by atoms with Crippen LogP contribution in [-0.4, -0.2) is 55.1 Å². The van der Waals surface area contributed by atoms with Gasteiger partial charge in [0.25, 0.3) is 5.91 Å². The van der Waals surface area contributed by atoms with Gasteiger partial charge in [-0.3, -0.25) is 19.8 Å². The van der Waals surface area contributed by atoms with Gasteiger partial charge in [-0.25, -0.2) is 9.59 Å². The maximum absolute atomic E-state index is 12.9. The zero-order valence-electron chi connectivity index (χ0n) is 16.1. The first-order valence-electron chi connectivity index (χ1n) is 9.29. The van der Waals surface area contributed by atoms with Crippen LogP contribution in [-0.2, 0) is 19.9 Å². The number of amides is 6. The minimum absolute atomic E-state index is 0.333. The summed E-state index contributed by atoms with van der Waals surface area (Å²) in [6.45, 7) is 4.56. The molecule has 0 spiro atoms. The first-order valence-corrected chi connectivity index (χ1v) is 9.29. The van der Waals surface area contributed by atoms with Crippen LogP contribution < -0.4 is 16.0 Å². The summed E-state index contributed by atoms with van der Waals surface area (Å²) in [5.74, 6) is -1.26. The predicted octanol–water partition coefficient (Wildman–Crippen LogP) is 1.10. The van der Waals surface area contributed by atoms with Gasteiger partial charge in [0.05, 0.1) is 0 Å². The standard InChI is InChI=1S/C19H26N4O5/c1-3-19(14-9-6-5-7-10-14)16(25)23(18(27)22-19)13-15(24)21-17(26)20-11-8-12-28-4-2/h5-7,9-10H,3-4,8,11-13H2,1-2H3,(H,22,27)(H2,20,21,24,26). The molecule has 2 rings (SSSR count). The van der Waals surface area contributed by atoms with Gasteiger partial charge in [-0.2, -0.15) is 0 Å². The van der Waals surface area contributed by atoms with Crippen molar-refractivity contribution in [3.05, 3.63) is 35.9 Å². The molecule has 1 fully saturated rings. The van der Waals surface area contributed by atoms with E-state index in [2.05, 4.69) is 16.0 Å². The minimum atomic E-state index is -1.21. The Morgan fingerprint density at radius 1 is 1.18 bits per heavy atom. The summed E-state index contributed by atoms with van der Waals surface area (Å²) in [5, 5.41) is 7.33. The van der Waals surface area contributed by atoms with E-state index in [9.17, 15) is 19.2 Å². The topological polar surface area (TPSA) is 117 Å². The van der Waals surface area contributed by atoms with Gasteiger partial charge in [-0.05, 0) is 25.3 Å². The van der Waals surface area contributed by atoms with Gasteiger partial charge >= 0.3 is 12.1 Å². The van der Waals surface area contributed by atoms with Crippen molar-refractivity contribution in [3.8, 4) is 0 Å². The van der Waals surface area contributed by atoms with Gasteiger partial charge in [0.2, 0.25) is 5.91 Å². The zero-order chi connectivity index (χ0) is 20.6. The summed E-state index contributed by atoms with van der Waals surface area (Å²) in [6, 6.07) is 7.52. The Hall–Kier alpha value is -2.94. The second-order valence-corrected chi connectivity index (χ2v) is 6.30. The molecule has 0 aliphatic carbocycles. The molecule has 0 bridgehead atoms. The number of benzene rings is 1. The van der Waals surface area contributed by atoms with Crippen molar-refractivity contribution < 1.29 is 23.9 Å². The van der Waals surface area contributed by atoms with E-state index in [-0.39, 0.29) is 0 Å². The highest BCUT2D eigenvalue weighted by Crippen LogP contribution is 2.32. The molecule has 28 heavy (non-hydrogen) atoms. The van der Waals surface area contributed by atoms with Crippen LogP contribution in [0.4, 0.5) is 9.59 Å². The maximum atomic E-state index is 12.9. The molecule has 152 valence electrons. The lowest BCUT2D eigenvalue weighted by Crippen LogP contribution is -2.47. The molecular weight excluding hydrogens is 364 g/mol. The Morgan fingerprint density at radius 3 is 2.54 bits per heavy atom. The Bertz CT molecular complexity index is 724. The fourth-order valence-electron chi connectivity index (χ4n) is 3.01. The highest BCUT2D eigenvalue weighted by Gasteiger charge is 2.51. The van der Waals surface area contributed by atoms with Gasteiger partial charge in [-0.1, -0.05) is 37.3 Å². The van der Waals surface area contributed by atoms with Crippen molar-refractivity contribution in [3.63, 3.8) is 0 Å². The number of nitrogens with one attached hydrogen (secondary N) is 3. The van der Waals surface area contributed by atoms with Crippen molar-refractivity contribution >= 4 is 23.9 Å². The van der Waals surface area contributed by atoms with Crippen LogP contribution in [0.5, 0.6) is 0 Å². The average Bonchev–Trinajstić information content (AvgIpc) is 2.93. The fourth-order valence-corrected chi connectivity index (χ4v) is 3.01. The average molecular weight is 390 g/mol. The summed E-state index contributed by atoms with van der Waals surface area (Å²) in [7, 11) is 0. The zero-order valence-corrected chi connectivity index (χ0v) is 16.1. The van der Waals surface area contributed by atoms with Crippen LogP contribution in [0.25, 0.3) is 0 Å². The molecule has 9 nitrogen and oxygen atoms in total. The number of nitrogens with zero attached hydrogens (tertiary/aromatic N) is 1. The monoisotopic (exact) mass is 390 g/mol. The number of hydrogen-bond acceptors (Lipinski definition) is 5. The van der Waals surface area contributed by atoms with E-state index in [0.717, 1.165) is 4.90 Å². The van der Waals surface area contributed by atoms with E-state index >= 15 is 0 Å². The lowest BCUT2D eigenvalue weighted by Gasteiger charge is -2.25. The van der Waals surface area contributed by atoms with E-state index < -0.39 is 36.0 Å². The lowest BCUT2D eigenvalue weighted by molar-refractivity contribution is -0.135. The predicted molar refractivity (Wildman–Crippen MR) is 101 cm³/mol. The number of carbonyl (C=O) groups excluding carboxylic acids is 4. The quantitative estimate of drug-likeness (QED) is 0.431. The van der Waals surface area contributed by atoms with E-state index in [1.54, 1.807) is 31.2 Å².